The van der Waals surface area contributed by atoms with Gasteiger partial charge < -0.3 is 5.32 Å². The van der Waals surface area contributed by atoms with Crippen LogP contribution in [0, 0.1) is 5.82 Å². The molecule has 0 unspecified atom stereocenters. The molecule has 0 aliphatic carbocycles. The molecule has 0 radical (unpaired) electrons. The molecule has 2 nitrogen and oxygen atoms in total. The van der Waals surface area contributed by atoms with Crippen molar-refractivity contribution in [3.05, 3.63) is 33.0 Å². The van der Waals surface area contributed by atoms with Crippen LogP contribution < -0.4 is 5.32 Å². The Hall–Kier alpha value is -0.450. The van der Waals surface area contributed by atoms with Gasteiger partial charge in [-0.05, 0) is 35.1 Å². The molecule has 0 saturated carbocycles. The van der Waals surface area contributed by atoms with E-state index in [0.29, 0.717) is 5.56 Å². The van der Waals surface area contributed by atoms with E-state index in [9.17, 15) is 9.18 Å². The molecule has 0 fully saturated rings. The largest absolute Gasteiger partial charge is 0.313 e. The molecule has 1 N–H and O–H groups in total. The number of Topliss-reactive ketones (excluding diaryl/α,β-unsaturated/α-hetero) is 1. The van der Waals surface area contributed by atoms with Gasteiger partial charge >= 0.3 is 0 Å². The van der Waals surface area contributed by atoms with Crippen LogP contribution in [0.1, 0.15) is 10.4 Å². The van der Waals surface area contributed by atoms with E-state index < -0.39 is 5.82 Å². The average molecular weight is 281 g/mol. The third-order valence-corrected chi connectivity index (χ3v) is 2.50. The topological polar surface area (TPSA) is 29.1 Å². The van der Waals surface area contributed by atoms with E-state index in [1.165, 1.54) is 12.1 Å². The van der Waals surface area contributed by atoms with Crippen LogP contribution in [0.5, 0.6) is 0 Å². The van der Waals surface area contributed by atoms with Crippen molar-refractivity contribution in [1.82, 2.24) is 5.32 Å². The molecule has 0 atom stereocenters. The Balaban J connectivity index is 3.06. The van der Waals surface area contributed by atoms with Crippen LogP contribution in [-0.4, -0.2) is 19.4 Å². The Kier molecular flexibility index (Phi) is 4.04. The SMILES string of the molecule is CNCC(=O)c1cc(Cl)c(F)c(Br)c1. The molecule has 0 bridgehead atoms. The van der Waals surface area contributed by atoms with Gasteiger partial charge in [-0.1, -0.05) is 11.6 Å². The van der Waals surface area contributed by atoms with E-state index in [-0.39, 0.29) is 21.8 Å². The first-order valence-corrected chi connectivity index (χ1v) is 5.05. The molecule has 76 valence electrons. The number of nitrogens with one attached hydrogen (secondary N) is 1. The van der Waals surface area contributed by atoms with Gasteiger partial charge in [0.15, 0.2) is 11.6 Å². The Bertz CT molecular complexity index is 347. The molecule has 0 aliphatic rings. The number of hydrogen-bond donors (Lipinski definition) is 1. The number of ketones is 1. The van der Waals surface area contributed by atoms with Crippen LogP contribution in [-0.2, 0) is 0 Å². The zero-order valence-electron chi connectivity index (χ0n) is 7.40. The zero-order valence-corrected chi connectivity index (χ0v) is 9.75. The van der Waals surface area contributed by atoms with Crippen molar-refractivity contribution in [3.63, 3.8) is 0 Å². The molecular formula is C9H8BrClFNO. The van der Waals surface area contributed by atoms with Crippen molar-refractivity contribution >= 4 is 33.3 Å². The molecular weight excluding hydrogens is 272 g/mol. The second-order valence-electron chi connectivity index (χ2n) is 2.71. The normalized spacial score (nSPS) is 10.3. The molecule has 0 spiro atoms. The summed E-state index contributed by atoms with van der Waals surface area (Å²) in [6.07, 6.45) is 0. The lowest BCUT2D eigenvalue weighted by atomic mass is 10.1. The zero-order chi connectivity index (χ0) is 10.7. The monoisotopic (exact) mass is 279 g/mol. The molecule has 0 aromatic heterocycles. The molecule has 14 heavy (non-hydrogen) atoms. The second-order valence-corrected chi connectivity index (χ2v) is 3.97. The van der Waals surface area contributed by atoms with Crippen LogP contribution >= 0.6 is 27.5 Å². The van der Waals surface area contributed by atoms with Crippen LogP contribution in [0.2, 0.25) is 5.02 Å². The minimum atomic E-state index is -0.548. The van der Waals surface area contributed by atoms with Gasteiger partial charge in [-0.25, -0.2) is 4.39 Å². The third-order valence-electron chi connectivity index (χ3n) is 1.64. The van der Waals surface area contributed by atoms with Crippen molar-refractivity contribution in [2.45, 2.75) is 0 Å². The summed E-state index contributed by atoms with van der Waals surface area (Å²) in [6, 6.07) is 2.74. The highest BCUT2D eigenvalue weighted by atomic mass is 79.9. The summed E-state index contributed by atoms with van der Waals surface area (Å²) in [4.78, 5) is 11.4. The van der Waals surface area contributed by atoms with Crippen molar-refractivity contribution in [3.8, 4) is 0 Å². The fourth-order valence-corrected chi connectivity index (χ4v) is 1.77. The number of benzene rings is 1. The van der Waals surface area contributed by atoms with E-state index in [1.807, 2.05) is 0 Å². The molecule has 1 aromatic carbocycles. The minimum absolute atomic E-state index is 0.0566. The summed E-state index contributed by atoms with van der Waals surface area (Å²) >= 11 is 8.57. The molecule has 0 amide bonds. The Morgan fingerprint density at radius 1 is 1.64 bits per heavy atom. The smallest absolute Gasteiger partial charge is 0.176 e. The predicted molar refractivity (Wildman–Crippen MR) is 57.4 cm³/mol. The van der Waals surface area contributed by atoms with Gasteiger partial charge in [0.25, 0.3) is 0 Å². The maximum Gasteiger partial charge on any atom is 0.176 e. The molecule has 0 heterocycles. The Morgan fingerprint density at radius 3 is 2.79 bits per heavy atom. The number of halogens is 3. The van der Waals surface area contributed by atoms with Crippen molar-refractivity contribution < 1.29 is 9.18 Å². The second kappa shape index (κ2) is 4.87. The maximum atomic E-state index is 13.1. The summed E-state index contributed by atoms with van der Waals surface area (Å²) in [7, 11) is 1.66. The molecule has 0 aliphatic heterocycles. The molecule has 1 rings (SSSR count). The van der Waals surface area contributed by atoms with Gasteiger partial charge in [0.1, 0.15) is 0 Å². The third kappa shape index (κ3) is 2.53. The first kappa shape index (κ1) is 11.6. The summed E-state index contributed by atoms with van der Waals surface area (Å²) in [6.45, 7) is 0.203. The standard InChI is InChI=1S/C9H8BrClFNO/c1-13-4-8(14)5-2-6(10)9(12)7(11)3-5/h2-3,13H,4H2,1H3. The van der Waals surface area contributed by atoms with Gasteiger partial charge in [-0.2, -0.15) is 0 Å². The van der Waals surface area contributed by atoms with Gasteiger partial charge in [-0.3, -0.25) is 4.79 Å². The van der Waals surface area contributed by atoms with Crippen molar-refractivity contribution in [1.29, 1.82) is 0 Å². The van der Waals surface area contributed by atoms with Crippen LogP contribution in [0.4, 0.5) is 4.39 Å². The lowest BCUT2D eigenvalue weighted by Gasteiger charge is -2.03. The Labute approximate surface area is 94.6 Å². The van der Waals surface area contributed by atoms with Crippen molar-refractivity contribution in [2.75, 3.05) is 13.6 Å². The van der Waals surface area contributed by atoms with E-state index in [0.717, 1.165) is 0 Å². The van der Waals surface area contributed by atoms with Crippen LogP contribution in [0.25, 0.3) is 0 Å². The molecule has 0 saturated heterocycles. The van der Waals surface area contributed by atoms with E-state index in [2.05, 4.69) is 21.2 Å². The van der Waals surface area contributed by atoms with Gasteiger partial charge in [0, 0.05) is 5.56 Å². The number of carbonyl (C=O) groups is 1. The predicted octanol–water partition coefficient (Wildman–Crippen LogP) is 2.64. The fraction of sp³-hybridized carbons (Fsp3) is 0.222. The number of rotatable bonds is 3. The molecule has 5 heteroatoms. The Morgan fingerprint density at radius 2 is 2.29 bits per heavy atom. The van der Waals surface area contributed by atoms with Crippen LogP contribution in [0.3, 0.4) is 0 Å². The quantitative estimate of drug-likeness (QED) is 0.681. The fourth-order valence-electron chi connectivity index (χ4n) is 0.979. The lowest BCUT2D eigenvalue weighted by molar-refractivity contribution is 0.0993. The summed E-state index contributed by atoms with van der Waals surface area (Å²) in [5.74, 6) is -0.678. The van der Waals surface area contributed by atoms with Gasteiger partial charge in [0.2, 0.25) is 0 Å². The number of hydrogen-bond acceptors (Lipinski definition) is 2. The highest BCUT2D eigenvalue weighted by molar-refractivity contribution is 9.10. The van der Waals surface area contributed by atoms with E-state index in [1.54, 1.807) is 7.05 Å². The van der Waals surface area contributed by atoms with Gasteiger partial charge in [-0.15, -0.1) is 0 Å². The number of carbonyl (C=O) groups excluding carboxylic acids is 1. The highest BCUT2D eigenvalue weighted by Crippen LogP contribution is 2.25. The number of likely N-dealkylation sites (N-methyl/N-ethyl adjacent to an activating group) is 1. The van der Waals surface area contributed by atoms with E-state index in [4.69, 9.17) is 11.6 Å². The first-order valence-electron chi connectivity index (χ1n) is 3.88. The maximum absolute atomic E-state index is 13.1. The van der Waals surface area contributed by atoms with Crippen molar-refractivity contribution in [2.24, 2.45) is 0 Å². The first-order chi connectivity index (χ1) is 6.56. The lowest BCUT2D eigenvalue weighted by Crippen LogP contribution is -2.18. The highest BCUT2D eigenvalue weighted by Gasteiger charge is 2.11. The summed E-state index contributed by atoms with van der Waals surface area (Å²) in [5.41, 5.74) is 0.387. The van der Waals surface area contributed by atoms with Crippen LogP contribution in [0.15, 0.2) is 16.6 Å². The summed E-state index contributed by atoms with van der Waals surface area (Å²) < 4.78 is 13.3. The van der Waals surface area contributed by atoms with E-state index >= 15 is 0 Å². The minimum Gasteiger partial charge on any atom is -0.313 e. The molecule has 1 aromatic rings. The summed E-state index contributed by atoms with van der Waals surface area (Å²) in [5, 5.41) is 2.66. The van der Waals surface area contributed by atoms with Gasteiger partial charge in [0.05, 0.1) is 16.0 Å². The average Bonchev–Trinajstić information content (AvgIpc) is 2.13.